The van der Waals surface area contributed by atoms with Crippen molar-refractivity contribution < 1.29 is 14.2 Å². The first kappa shape index (κ1) is 18.7. The van der Waals surface area contributed by atoms with Crippen LogP contribution in [0.1, 0.15) is 12.1 Å². The number of nitrogens with one attached hydrogen (secondary N) is 1. The second-order valence-electron chi connectivity index (χ2n) is 6.49. The molecule has 3 aromatic rings. The Hall–Kier alpha value is -3.68. The summed E-state index contributed by atoms with van der Waals surface area (Å²) in [6, 6.07) is 15.2. The van der Waals surface area contributed by atoms with Gasteiger partial charge in [-0.3, -0.25) is 0 Å². The van der Waals surface area contributed by atoms with Crippen molar-refractivity contribution in [3.63, 3.8) is 0 Å². The van der Waals surface area contributed by atoms with Gasteiger partial charge < -0.3 is 25.3 Å². The second-order valence-corrected chi connectivity index (χ2v) is 6.49. The molecule has 0 saturated carbocycles. The SMILES string of the molecule is COc1ccc(-n2ccc(CN=C(N)Nc3ccc4c(c3)OCCCO4)n2)cc1. The first-order valence-electron chi connectivity index (χ1n) is 9.37. The van der Waals surface area contributed by atoms with E-state index in [1.54, 1.807) is 11.8 Å². The number of hydrogen-bond donors (Lipinski definition) is 2. The molecule has 0 unspecified atom stereocenters. The number of hydrogen-bond acceptors (Lipinski definition) is 5. The van der Waals surface area contributed by atoms with Crippen molar-refractivity contribution in [3.8, 4) is 22.9 Å². The Kier molecular flexibility index (Phi) is 5.51. The van der Waals surface area contributed by atoms with E-state index in [9.17, 15) is 0 Å². The molecule has 150 valence electrons. The fraction of sp³-hybridized carbons (Fsp3) is 0.238. The largest absolute Gasteiger partial charge is 0.497 e. The number of aliphatic imine (C=N–C) groups is 1. The lowest BCUT2D eigenvalue weighted by molar-refractivity contribution is 0.297. The van der Waals surface area contributed by atoms with Crippen LogP contribution < -0.4 is 25.3 Å². The monoisotopic (exact) mass is 393 g/mol. The van der Waals surface area contributed by atoms with E-state index >= 15 is 0 Å². The number of anilines is 1. The highest BCUT2D eigenvalue weighted by Crippen LogP contribution is 2.32. The minimum absolute atomic E-state index is 0.304. The number of guanidine groups is 1. The summed E-state index contributed by atoms with van der Waals surface area (Å²) < 4.78 is 18.3. The van der Waals surface area contributed by atoms with Crippen molar-refractivity contribution >= 4 is 11.6 Å². The molecular weight excluding hydrogens is 370 g/mol. The number of methoxy groups -OCH3 is 1. The van der Waals surface area contributed by atoms with E-state index in [0.29, 0.717) is 31.5 Å². The van der Waals surface area contributed by atoms with Crippen LogP contribution in [0.25, 0.3) is 5.69 Å². The maximum atomic E-state index is 6.03. The van der Waals surface area contributed by atoms with E-state index in [0.717, 1.165) is 35.0 Å². The molecular formula is C21H23N5O3. The van der Waals surface area contributed by atoms with Gasteiger partial charge in [-0.2, -0.15) is 5.10 Å². The van der Waals surface area contributed by atoms with Crippen molar-refractivity contribution in [2.24, 2.45) is 10.7 Å². The third-order valence-electron chi connectivity index (χ3n) is 4.41. The van der Waals surface area contributed by atoms with Gasteiger partial charge in [-0.15, -0.1) is 0 Å². The number of benzene rings is 2. The number of ether oxygens (including phenoxy) is 3. The second kappa shape index (κ2) is 8.55. The molecule has 1 aliphatic rings. The molecule has 29 heavy (non-hydrogen) atoms. The zero-order valence-electron chi connectivity index (χ0n) is 16.2. The van der Waals surface area contributed by atoms with Gasteiger partial charge in [0.1, 0.15) is 5.75 Å². The molecule has 4 rings (SSSR count). The number of nitrogens with two attached hydrogens (primary N) is 1. The van der Waals surface area contributed by atoms with Gasteiger partial charge in [0.25, 0.3) is 0 Å². The van der Waals surface area contributed by atoms with E-state index in [1.807, 2.05) is 54.7 Å². The van der Waals surface area contributed by atoms with Crippen LogP contribution in [-0.2, 0) is 6.54 Å². The quantitative estimate of drug-likeness (QED) is 0.511. The highest BCUT2D eigenvalue weighted by atomic mass is 16.5. The van der Waals surface area contributed by atoms with Crippen LogP contribution in [0.2, 0.25) is 0 Å². The summed E-state index contributed by atoms with van der Waals surface area (Å²) in [7, 11) is 1.64. The Morgan fingerprint density at radius 1 is 1.14 bits per heavy atom. The lowest BCUT2D eigenvalue weighted by Crippen LogP contribution is -2.22. The number of aromatic nitrogens is 2. The fourth-order valence-electron chi connectivity index (χ4n) is 2.92. The molecule has 0 aliphatic carbocycles. The van der Waals surface area contributed by atoms with Crippen molar-refractivity contribution in [2.75, 3.05) is 25.6 Å². The zero-order valence-corrected chi connectivity index (χ0v) is 16.2. The first-order chi connectivity index (χ1) is 14.2. The number of nitrogens with zero attached hydrogens (tertiary/aromatic N) is 3. The molecule has 0 radical (unpaired) electrons. The highest BCUT2D eigenvalue weighted by Gasteiger charge is 2.11. The zero-order chi connectivity index (χ0) is 20.1. The van der Waals surface area contributed by atoms with Gasteiger partial charge in [0.05, 0.1) is 38.2 Å². The molecule has 1 aromatic heterocycles. The predicted molar refractivity (Wildman–Crippen MR) is 111 cm³/mol. The molecule has 3 N–H and O–H groups in total. The summed E-state index contributed by atoms with van der Waals surface area (Å²) in [5.41, 5.74) is 8.57. The summed E-state index contributed by atoms with van der Waals surface area (Å²) in [5, 5.41) is 7.61. The van der Waals surface area contributed by atoms with E-state index in [2.05, 4.69) is 15.4 Å². The highest BCUT2D eigenvalue weighted by molar-refractivity contribution is 5.92. The van der Waals surface area contributed by atoms with E-state index < -0.39 is 0 Å². The summed E-state index contributed by atoms with van der Waals surface area (Å²) in [4.78, 5) is 4.37. The molecule has 2 heterocycles. The molecule has 0 saturated heterocycles. The van der Waals surface area contributed by atoms with Crippen LogP contribution in [0.3, 0.4) is 0 Å². The molecule has 8 nitrogen and oxygen atoms in total. The molecule has 1 aliphatic heterocycles. The van der Waals surface area contributed by atoms with Gasteiger partial charge >= 0.3 is 0 Å². The number of rotatable bonds is 5. The standard InChI is InChI=1S/C21H23N5O3/c1-27-18-6-4-17(5-7-18)26-10-9-16(25-26)14-23-21(22)24-15-3-8-19-20(13-15)29-12-2-11-28-19/h3-10,13H,2,11-12,14H2,1H3,(H3,22,23,24). The van der Waals surface area contributed by atoms with Gasteiger partial charge in [-0.05, 0) is 42.5 Å². The minimum atomic E-state index is 0.304. The van der Waals surface area contributed by atoms with Crippen LogP contribution in [-0.4, -0.2) is 36.1 Å². The van der Waals surface area contributed by atoms with Gasteiger partial charge in [0.15, 0.2) is 17.5 Å². The van der Waals surface area contributed by atoms with Crippen molar-refractivity contribution in [1.82, 2.24) is 9.78 Å². The van der Waals surface area contributed by atoms with Crippen LogP contribution in [0, 0.1) is 0 Å². The van der Waals surface area contributed by atoms with Crippen molar-refractivity contribution in [3.05, 3.63) is 60.4 Å². The van der Waals surface area contributed by atoms with Crippen LogP contribution in [0.5, 0.6) is 17.2 Å². The summed E-state index contributed by atoms with van der Waals surface area (Å²) in [6.07, 6.45) is 2.75. The van der Waals surface area contributed by atoms with Crippen molar-refractivity contribution in [1.29, 1.82) is 0 Å². The molecule has 0 amide bonds. The number of fused-ring (bicyclic) bond motifs is 1. The molecule has 8 heteroatoms. The Labute approximate surface area is 168 Å². The van der Waals surface area contributed by atoms with Gasteiger partial charge in [-0.1, -0.05) is 0 Å². The van der Waals surface area contributed by atoms with E-state index in [1.165, 1.54) is 0 Å². The topological polar surface area (TPSA) is 95.9 Å². The Balaban J connectivity index is 1.39. The average molecular weight is 393 g/mol. The predicted octanol–water partition coefficient (Wildman–Crippen LogP) is 2.97. The summed E-state index contributed by atoms with van der Waals surface area (Å²) in [5.74, 6) is 2.56. The maximum absolute atomic E-state index is 6.03. The average Bonchev–Trinajstić information content (AvgIpc) is 3.10. The normalized spacial score (nSPS) is 13.6. The molecule has 0 bridgehead atoms. The Bertz CT molecular complexity index is 998. The lowest BCUT2D eigenvalue weighted by atomic mass is 10.3. The summed E-state index contributed by atoms with van der Waals surface area (Å²) >= 11 is 0. The van der Waals surface area contributed by atoms with Gasteiger partial charge in [-0.25, -0.2) is 9.67 Å². The Morgan fingerprint density at radius 2 is 1.93 bits per heavy atom. The van der Waals surface area contributed by atoms with E-state index in [-0.39, 0.29) is 0 Å². The first-order valence-corrected chi connectivity index (χ1v) is 9.37. The van der Waals surface area contributed by atoms with Gasteiger partial charge in [0, 0.05) is 24.4 Å². The summed E-state index contributed by atoms with van der Waals surface area (Å²) in [6.45, 7) is 1.66. The lowest BCUT2D eigenvalue weighted by Gasteiger charge is -2.10. The minimum Gasteiger partial charge on any atom is -0.497 e. The molecule has 0 atom stereocenters. The van der Waals surface area contributed by atoms with Crippen LogP contribution >= 0.6 is 0 Å². The fourth-order valence-corrected chi connectivity index (χ4v) is 2.92. The van der Waals surface area contributed by atoms with Gasteiger partial charge in [0.2, 0.25) is 0 Å². The maximum Gasteiger partial charge on any atom is 0.193 e. The third-order valence-corrected chi connectivity index (χ3v) is 4.41. The van der Waals surface area contributed by atoms with Crippen LogP contribution in [0.4, 0.5) is 5.69 Å². The smallest absolute Gasteiger partial charge is 0.193 e. The third kappa shape index (κ3) is 4.60. The molecule has 0 fully saturated rings. The van der Waals surface area contributed by atoms with E-state index in [4.69, 9.17) is 19.9 Å². The Morgan fingerprint density at radius 3 is 2.72 bits per heavy atom. The molecule has 2 aromatic carbocycles. The van der Waals surface area contributed by atoms with Crippen molar-refractivity contribution in [2.45, 2.75) is 13.0 Å². The van der Waals surface area contributed by atoms with Crippen LogP contribution in [0.15, 0.2) is 59.7 Å². The molecule has 0 spiro atoms.